The molecule has 1 aromatic rings. The Labute approximate surface area is 71.3 Å². The van der Waals surface area contributed by atoms with Crippen LogP contribution >= 0.6 is 0 Å². The predicted molar refractivity (Wildman–Crippen MR) is 46.9 cm³/mol. The number of allylic oxidation sites excluding steroid dienone is 1. The van der Waals surface area contributed by atoms with E-state index >= 15 is 0 Å². The van der Waals surface area contributed by atoms with Gasteiger partial charge in [-0.1, -0.05) is 12.2 Å². The Balaban J connectivity index is 2.70. The number of nitrogens with zero attached hydrogens (tertiary/aromatic N) is 2. The largest absolute Gasteiger partial charge is 0.510 e. The second-order valence-electron chi connectivity index (χ2n) is 2.77. The molecule has 0 amide bonds. The van der Waals surface area contributed by atoms with Crippen LogP contribution in [-0.2, 0) is 6.54 Å². The zero-order chi connectivity index (χ0) is 9.14. The molecule has 0 atom stereocenters. The molecular weight excluding hydrogens is 155 g/mol. The molecule has 0 spiro atoms. The fraction of sp³-hybridized carbons (Fsp3) is 0.286. The molecule has 5 heteroatoms. The summed E-state index contributed by atoms with van der Waals surface area (Å²) in [6, 6.07) is 1.56. The van der Waals surface area contributed by atoms with Crippen molar-refractivity contribution >= 4 is 12.7 Å². The normalized spacial score (nSPS) is 9.92. The Hall–Kier alpha value is -1.07. The van der Waals surface area contributed by atoms with E-state index in [4.69, 9.17) is 10.0 Å². The van der Waals surface area contributed by atoms with E-state index < -0.39 is 7.12 Å². The number of hydrogen-bond acceptors (Lipinski definition) is 3. The van der Waals surface area contributed by atoms with Gasteiger partial charge in [-0.15, -0.1) is 0 Å². The lowest BCUT2D eigenvalue weighted by Crippen LogP contribution is -2.31. The average Bonchev–Trinajstić information content (AvgIpc) is 2.34. The summed E-state index contributed by atoms with van der Waals surface area (Å²) in [5.41, 5.74) is 1.23. The fourth-order valence-electron chi connectivity index (χ4n) is 0.880. The van der Waals surface area contributed by atoms with Crippen LogP contribution in [0.2, 0.25) is 0 Å². The standard InChI is InChI=1S/C7H11BN2O2/c1-6(2)5-10-4-3-7(9-10)8(11)12/h3-4,11-12H,1,5H2,2H3. The highest BCUT2D eigenvalue weighted by Gasteiger charge is 2.13. The molecule has 0 saturated carbocycles. The minimum atomic E-state index is -1.49. The molecule has 0 bridgehead atoms. The molecule has 0 aliphatic carbocycles. The number of rotatable bonds is 3. The second-order valence-corrected chi connectivity index (χ2v) is 2.77. The minimum Gasteiger partial charge on any atom is -0.422 e. The van der Waals surface area contributed by atoms with Gasteiger partial charge in [0.1, 0.15) is 0 Å². The Morgan fingerprint density at radius 2 is 2.42 bits per heavy atom. The Kier molecular flexibility index (Phi) is 2.67. The molecule has 64 valence electrons. The summed E-state index contributed by atoms with van der Waals surface area (Å²) in [6.07, 6.45) is 1.68. The van der Waals surface area contributed by atoms with Crippen molar-refractivity contribution in [3.63, 3.8) is 0 Å². The van der Waals surface area contributed by atoms with Gasteiger partial charge in [-0.25, -0.2) is 0 Å². The molecule has 0 radical (unpaired) electrons. The maximum Gasteiger partial charge on any atom is 0.510 e. The maximum absolute atomic E-state index is 8.73. The first kappa shape index (κ1) is 9.03. The summed E-state index contributed by atoms with van der Waals surface area (Å²) in [5.74, 6) is 0. The van der Waals surface area contributed by atoms with E-state index in [0.29, 0.717) is 6.54 Å². The fourth-order valence-corrected chi connectivity index (χ4v) is 0.880. The lowest BCUT2D eigenvalue weighted by molar-refractivity contribution is 0.423. The summed E-state index contributed by atoms with van der Waals surface area (Å²) >= 11 is 0. The highest BCUT2D eigenvalue weighted by Crippen LogP contribution is 1.92. The van der Waals surface area contributed by atoms with E-state index in [0.717, 1.165) is 5.57 Å². The molecule has 12 heavy (non-hydrogen) atoms. The molecule has 0 aromatic carbocycles. The molecule has 1 aromatic heterocycles. The van der Waals surface area contributed by atoms with Gasteiger partial charge >= 0.3 is 7.12 Å². The van der Waals surface area contributed by atoms with E-state index in [1.165, 1.54) is 0 Å². The third-order valence-corrected chi connectivity index (χ3v) is 1.36. The van der Waals surface area contributed by atoms with E-state index in [1.807, 2.05) is 6.92 Å². The molecule has 0 aliphatic rings. The van der Waals surface area contributed by atoms with Crippen LogP contribution in [-0.4, -0.2) is 26.9 Å². The molecule has 4 nitrogen and oxygen atoms in total. The second kappa shape index (κ2) is 3.56. The monoisotopic (exact) mass is 166 g/mol. The van der Waals surface area contributed by atoms with Gasteiger partial charge in [-0.3, -0.25) is 4.68 Å². The Morgan fingerprint density at radius 3 is 2.83 bits per heavy atom. The molecule has 1 heterocycles. The number of aromatic nitrogens is 2. The van der Waals surface area contributed by atoms with E-state index in [-0.39, 0.29) is 5.59 Å². The maximum atomic E-state index is 8.73. The van der Waals surface area contributed by atoms with Crippen molar-refractivity contribution in [1.29, 1.82) is 0 Å². The first-order chi connectivity index (χ1) is 5.59. The molecule has 2 N–H and O–H groups in total. The molecule has 0 aliphatic heterocycles. The van der Waals surface area contributed by atoms with Crippen LogP contribution in [0.5, 0.6) is 0 Å². The molecular formula is C7H11BN2O2. The lowest BCUT2D eigenvalue weighted by Gasteiger charge is -1.98. The topological polar surface area (TPSA) is 58.3 Å². The first-order valence-electron chi connectivity index (χ1n) is 3.63. The average molecular weight is 166 g/mol. The van der Waals surface area contributed by atoms with Crippen LogP contribution in [0.25, 0.3) is 0 Å². The van der Waals surface area contributed by atoms with Crippen LogP contribution in [0, 0.1) is 0 Å². The van der Waals surface area contributed by atoms with Gasteiger partial charge in [-0.2, -0.15) is 5.10 Å². The van der Waals surface area contributed by atoms with Gasteiger partial charge < -0.3 is 10.0 Å². The van der Waals surface area contributed by atoms with Gasteiger partial charge in [0.15, 0.2) is 0 Å². The number of hydrogen-bond donors (Lipinski definition) is 2. The van der Waals surface area contributed by atoms with Crippen molar-refractivity contribution in [2.75, 3.05) is 0 Å². The van der Waals surface area contributed by atoms with Gasteiger partial charge in [0.2, 0.25) is 0 Å². The van der Waals surface area contributed by atoms with Crippen molar-refractivity contribution in [2.45, 2.75) is 13.5 Å². The van der Waals surface area contributed by atoms with E-state index in [9.17, 15) is 0 Å². The highest BCUT2D eigenvalue weighted by atomic mass is 16.4. The molecule has 0 saturated heterocycles. The zero-order valence-electron chi connectivity index (χ0n) is 6.94. The molecule has 1 rings (SSSR count). The van der Waals surface area contributed by atoms with Crippen molar-refractivity contribution in [2.24, 2.45) is 0 Å². The third-order valence-electron chi connectivity index (χ3n) is 1.36. The SMILES string of the molecule is C=C(C)Cn1ccc(B(O)O)n1. The highest BCUT2D eigenvalue weighted by molar-refractivity contribution is 6.57. The summed E-state index contributed by atoms with van der Waals surface area (Å²) in [7, 11) is -1.49. The van der Waals surface area contributed by atoms with Gasteiger partial charge in [0, 0.05) is 6.20 Å². The zero-order valence-corrected chi connectivity index (χ0v) is 6.94. The van der Waals surface area contributed by atoms with Crippen molar-refractivity contribution in [3.8, 4) is 0 Å². The predicted octanol–water partition coefficient (Wildman–Crippen LogP) is -0.861. The minimum absolute atomic E-state index is 0.260. The van der Waals surface area contributed by atoms with E-state index in [2.05, 4.69) is 11.7 Å². The summed E-state index contributed by atoms with van der Waals surface area (Å²) < 4.78 is 1.61. The quantitative estimate of drug-likeness (QED) is 0.453. The first-order valence-corrected chi connectivity index (χ1v) is 3.63. The third kappa shape index (κ3) is 2.22. The Bertz CT molecular complexity index is 283. The summed E-state index contributed by atoms with van der Waals surface area (Å²) in [4.78, 5) is 0. The summed E-state index contributed by atoms with van der Waals surface area (Å²) in [6.45, 7) is 6.21. The van der Waals surface area contributed by atoms with Crippen LogP contribution in [0.4, 0.5) is 0 Å². The van der Waals surface area contributed by atoms with Crippen LogP contribution < -0.4 is 5.59 Å². The van der Waals surface area contributed by atoms with Crippen molar-refractivity contribution in [3.05, 3.63) is 24.4 Å². The van der Waals surface area contributed by atoms with Crippen LogP contribution in [0.3, 0.4) is 0 Å². The summed E-state index contributed by atoms with van der Waals surface area (Å²) in [5, 5.41) is 21.4. The van der Waals surface area contributed by atoms with Gasteiger partial charge in [-0.05, 0) is 13.0 Å². The molecule has 0 unspecified atom stereocenters. The van der Waals surface area contributed by atoms with Crippen LogP contribution in [0.15, 0.2) is 24.4 Å². The molecule has 0 fully saturated rings. The van der Waals surface area contributed by atoms with Crippen molar-refractivity contribution in [1.82, 2.24) is 9.78 Å². The van der Waals surface area contributed by atoms with E-state index in [1.54, 1.807) is 16.9 Å². The van der Waals surface area contributed by atoms with Gasteiger partial charge in [0.25, 0.3) is 0 Å². The van der Waals surface area contributed by atoms with Crippen molar-refractivity contribution < 1.29 is 10.0 Å². The Morgan fingerprint density at radius 1 is 1.75 bits per heavy atom. The van der Waals surface area contributed by atoms with Gasteiger partial charge in [0.05, 0.1) is 12.1 Å². The van der Waals surface area contributed by atoms with Crippen LogP contribution in [0.1, 0.15) is 6.92 Å². The smallest absolute Gasteiger partial charge is 0.422 e. The lowest BCUT2D eigenvalue weighted by atomic mass is 9.87.